The molecule has 1 saturated heterocycles. The molecule has 0 aromatic rings. The maximum atomic E-state index is 11.7. The monoisotopic (exact) mass is 304 g/mol. The number of carbonyl (C=O) groups is 3. The lowest BCUT2D eigenvalue weighted by atomic mass is 10.1. The SMILES string of the molecule is O=C(O)CC[C@H](NC(=O)CSC1CCNCC1)C(=O)O. The Hall–Kier alpha value is -1.28. The fraction of sp³-hybridized carbons (Fsp3) is 0.750. The molecule has 0 aromatic heterocycles. The fourth-order valence-corrected chi connectivity index (χ4v) is 2.96. The predicted octanol–water partition coefficient (Wildman–Crippen LogP) is -0.0942. The van der Waals surface area contributed by atoms with Crippen LogP contribution in [0.15, 0.2) is 0 Å². The highest BCUT2D eigenvalue weighted by Crippen LogP contribution is 2.19. The molecular weight excluding hydrogens is 284 g/mol. The molecule has 0 saturated carbocycles. The second kappa shape index (κ2) is 8.80. The molecule has 1 aliphatic heterocycles. The van der Waals surface area contributed by atoms with E-state index in [0.29, 0.717) is 5.25 Å². The van der Waals surface area contributed by atoms with Gasteiger partial charge in [-0.05, 0) is 32.4 Å². The first-order valence-electron chi connectivity index (χ1n) is 6.55. The lowest BCUT2D eigenvalue weighted by Crippen LogP contribution is -2.42. The molecule has 1 rings (SSSR count). The third kappa shape index (κ3) is 6.76. The second-order valence-corrected chi connectivity index (χ2v) is 5.94. The average Bonchev–Trinajstić information content (AvgIpc) is 2.41. The number of rotatable bonds is 8. The van der Waals surface area contributed by atoms with Crippen LogP contribution in [-0.4, -0.2) is 58.2 Å². The third-order valence-electron chi connectivity index (χ3n) is 3.02. The van der Waals surface area contributed by atoms with Gasteiger partial charge < -0.3 is 20.8 Å². The zero-order valence-corrected chi connectivity index (χ0v) is 11.9. The van der Waals surface area contributed by atoms with Gasteiger partial charge in [0.15, 0.2) is 0 Å². The van der Waals surface area contributed by atoms with Gasteiger partial charge in [-0.25, -0.2) is 4.79 Å². The standard InChI is InChI=1S/C12H20N2O5S/c15-10(7-20-8-3-5-13-6-4-8)14-9(12(18)19)1-2-11(16)17/h8-9,13H,1-7H2,(H,14,15)(H,16,17)(H,18,19)/t9-/m0/s1. The normalized spacial score (nSPS) is 17.4. The molecule has 0 bridgehead atoms. The fourth-order valence-electron chi connectivity index (χ4n) is 1.92. The van der Waals surface area contributed by atoms with E-state index >= 15 is 0 Å². The van der Waals surface area contributed by atoms with Gasteiger partial charge in [-0.15, -0.1) is 11.8 Å². The van der Waals surface area contributed by atoms with Crippen LogP contribution in [-0.2, 0) is 14.4 Å². The molecule has 0 aliphatic carbocycles. The summed E-state index contributed by atoms with van der Waals surface area (Å²) in [7, 11) is 0. The highest BCUT2D eigenvalue weighted by molar-refractivity contribution is 8.00. The molecule has 0 unspecified atom stereocenters. The molecule has 1 fully saturated rings. The highest BCUT2D eigenvalue weighted by Gasteiger charge is 2.22. The Kier molecular flexibility index (Phi) is 7.38. The molecule has 4 N–H and O–H groups in total. The van der Waals surface area contributed by atoms with Gasteiger partial charge in [-0.3, -0.25) is 9.59 Å². The summed E-state index contributed by atoms with van der Waals surface area (Å²) in [6.45, 7) is 1.88. The van der Waals surface area contributed by atoms with E-state index in [1.54, 1.807) is 0 Å². The minimum absolute atomic E-state index is 0.103. The number of nitrogens with one attached hydrogen (secondary N) is 2. The lowest BCUT2D eigenvalue weighted by Gasteiger charge is -2.22. The molecule has 1 atom stereocenters. The molecule has 1 aliphatic rings. The largest absolute Gasteiger partial charge is 0.481 e. The zero-order chi connectivity index (χ0) is 15.0. The number of carboxylic acids is 2. The van der Waals surface area contributed by atoms with Crippen LogP contribution in [0.1, 0.15) is 25.7 Å². The van der Waals surface area contributed by atoms with Crippen molar-refractivity contribution in [2.45, 2.75) is 37.0 Å². The van der Waals surface area contributed by atoms with Crippen molar-refractivity contribution in [3.8, 4) is 0 Å². The first kappa shape index (κ1) is 16.8. The van der Waals surface area contributed by atoms with Crippen molar-refractivity contribution < 1.29 is 24.6 Å². The van der Waals surface area contributed by atoms with Crippen molar-refractivity contribution >= 4 is 29.6 Å². The van der Waals surface area contributed by atoms with E-state index in [2.05, 4.69) is 10.6 Å². The quantitative estimate of drug-likeness (QED) is 0.495. The van der Waals surface area contributed by atoms with E-state index in [9.17, 15) is 14.4 Å². The van der Waals surface area contributed by atoms with Crippen LogP contribution < -0.4 is 10.6 Å². The van der Waals surface area contributed by atoms with Crippen molar-refractivity contribution in [1.29, 1.82) is 0 Å². The van der Waals surface area contributed by atoms with Gasteiger partial charge in [-0.2, -0.15) is 0 Å². The van der Waals surface area contributed by atoms with Gasteiger partial charge in [0.25, 0.3) is 0 Å². The van der Waals surface area contributed by atoms with Gasteiger partial charge in [0.05, 0.1) is 5.75 Å². The van der Waals surface area contributed by atoms with Gasteiger partial charge in [-0.1, -0.05) is 0 Å². The molecule has 0 aromatic carbocycles. The molecule has 0 spiro atoms. The van der Waals surface area contributed by atoms with E-state index in [1.807, 2.05) is 0 Å². The van der Waals surface area contributed by atoms with Crippen LogP contribution in [0.25, 0.3) is 0 Å². The summed E-state index contributed by atoms with van der Waals surface area (Å²) < 4.78 is 0. The molecule has 0 radical (unpaired) electrons. The van der Waals surface area contributed by atoms with Gasteiger partial charge >= 0.3 is 11.9 Å². The summed E-state index contributed by atoms with van der Waals surface area (Å²) in [4.78, 5) is 33.0. The van der Waals surface area contributed by atoms with Crippen molar-refractivity contribution in [3.63, 3.8) is 0 Å². The van der Waals surface area contributed by atoms with Gasteiger partial charge in [0.1, 0.15) is 6.04 Å². The van der Waals surface area contributed by atoms with Crippen LogP contribution in [0, 0.1) is 0 Å². The molecular formula is C12H20N2O5S. The Morgan fingerprint density at radius 3 is 2.45 bits per heavy atom. The number of carbonyl (C=O) groups excluding carboxylic acids is 1. The van der Waals surface area contributed by atoms with Crippen LogP contribution in [0.5, 0.6) is 0 Å². The third-order valence-corrected chi connectivity index (χ3v) is 4.39. The van der Waals surface area contributed by atoms with Crippen molar-refractivity contribution in [2.24, 2.45) is 0 Å². The maximum absolute atomic E-state index is 11.7. The summed E-state index contributed by atoms with van der Waals surface area (Å²) in [5.41, 5.74) is 0. The van der Waals surface area contributed by atoms with Gasteiger partial charge in [0, 0.05) is 11.7 Å². The Morgan fingerprint density at radius 2 is 1.90 bits per heavy atom. The summed E-state index contributed by atoms with van der Waals surface area (Å²) in [6, 6.07) is -1.13. The number of aliphatic carboxylic acids is 2. The number of carboxylic acid groups (broad SMARTS) is 2. The summed E-state index contributed by atoms with van der Waals surface area (Å²) in [6.07, 6.45) is 1.62. The molecule has 114 valence electrons. The van der Waals surface area contributed by atoms with Crippen molar-refractivity contribution in [3.05, 3.63) is 0 Å². The van der Waals surface area contributed by atoms with E-state index in [4.69, 9.17) is 10.2 Å². The van der Waals surface area contributed by atoms with Crippen LogP contribution in [0.4, 0.5) is 0 Å². The molecule has 8 heteroatoms. The summed E-state index contributed by atoms with van der Waals surface area (Å²) in [5.74, 6) is -2.42. The smallest absolute Gasteiger partial charge is 0.326 e. The van der Waals surface area contributed by atoms with E-state index in [-0.39, 0.29) is 24.5 Å². The van der Waals surface area contributed by atoms with Crippen LogP contribution in [0.3, 0.4) is 0 Å². The summed E-state index contributed by atoms with van der Waals surface area (Å²) >= 11 is 1.52. The van der Waals surface area contributed by atoms with Crippen molar-refractivity contribution in [2.75, 3.05) is 18.8 Å². The van der Waals surface area contributed by atoms with Gasteiger partial charge in [0.2, 0.25) is 5.91 Å². The Labute approximate surface area is 121 Å². The van der Waals surface area contributed by atoms with Crippen LogP contribution >= 0.6 is 11.8 Å². The lowest BCUT2D eigenvalue weighted by molar-refractivity contribution is -0.142. The number of amides is 1. The number of hydrogen-bond acceptors (Lipinski definition) is 5. The molecule has 1 amide bonds. The Bertz CT molecular complexity index is 358. The number of thioether (sulfide) groups is 1. The molecule has 1 heterocycles. The number of hydrogen-bond donors (Lipinski definition) is 4. The average molecular weight is 304 g/mol. The van der Waals surface area contributed by atoms with Crippen LogP contribution in [0.2, 0.25) is 0 Å². The zero-order valence-electron chi connectivity index (χ0n) is 11.1. The van der Waals surface area contributed by atoms with Crippen molar-refractivity contribution in [1.82, 2.24) is 10.6 Å². The first-order valence-corrected chi connectivity index (χ1v) is 7.60. The Balaban J connectivity index is 2.29. The Morgan fingerprint density at radius 1 is 1.25 bits per heavy atom. The minimum Gasteiger partial charge on any atom is -0.481 e. The molecule has 7 nitrogen and oxygen atoms in total. The van der Waals surface area contributed by atoms with E-state index in [1.165, 1.54) is 11.8 Å². The topological polar surface area (TPSA) is 116 Å². The highest BCUT2D eigenvalue weighted by atomic mass is 32.2. The second-order valence-electron chi connectivity index (χ2n) is 4.65. The summed E-state index contributed by atoms with van der Waals surface area (Å²) in [5, 5.41) is 23.5. The minimum atomic E-state index is -1.20. The molecule has 20 heavy (non-hydrogen) atoms. The first-order chi connectivity index (χ1) is 9.49. The number of piperidine rings is 1. The predicted molar refractivity (Wildman–Crippen MR) is 74.8 cm³/mol. The maximum Gasteiger partial charge on any atom is 0.326 e. The van der Waals surface area contributed by atoms with E-state index < -0.39 is 18.0 Å². The van der Waals surface area contributed by atoms with E-state index in [0.717, 1.165) is 25.9 Å².